The summed E-state index contributed by atoms with van der Waals surface area (Å²) < 4.78 is 19.4. The molecule has 4 aromatic carbocycles. The molecule has 1 atom stereocenters. The molecule has 1 aromatic heterocycles. The Morgan fingerprint density at radius 3 is 2.44 bits per heavy atom. The van der Waals surface area contributed by atoms with Crippen molar-refractivity contribution in [1.82, 2.24) is 4.57 Å². The van der Waals surface area contributed by atoms with Gasteiger partial charge < -0.3 is 19.1 Å². The van der Waals surface area contributed by atoms with Crippen LogP contribution in [0, 0.1) is 13.8 Å². The quantitative estimate of drug-likeness (QED) is 0.197. The van der Waals surface area contributed by atoms with Gasteiger partial charge in [-0.2, -0.15) is 0 Å². The molecule has 0 spiro atoms. The zero-order valence-corrected chi connectivity index (χ0v) is 24.6. The second kappa shape index (κ2) is 12.1. The van der Waals surface area contributed by atoms with Crippen LogP contribution in [0.3, 0.4) is 0 Å². The van der Waals surface area contributed by atoms with E-state index in [1.807, 2.05) is 93.7 Å². The number of nitrogens with zero attached hydrogens (tertiary/aromatic N) is 2. The minimum atomic E-state index is -0.335. The second-order valence-electron chi connectivity index (χ2n) is 11.0. The molecule has 2 heterocycles. The number of likely N-dealkylation sites (N-methyl/N-ethyl adjacent to an activating group) is 1. The number of fused-ring (bicyclic) bond motifs is 2. The molecule has 43 heavy (non-hydrogen) atoms. The van der Waals surface area contributed by atoms with Gasteiger partial charge in [0.05, 0.1) is 24.2 Å². The lowest BCUT2D eigenvalue weighted by Crippen LogP contribution is -2.41. The Bertz CT molecular complexity index is 1780. The zero-order chi connectivity index (χ0) is 29.9. The monoisotopic (exact) mass is 574 g/mol. The number of carbonyl (C=O) groups excluding carboxylic acids is 2. The van der Waals surface area contributed by atoms with Crippen molar-refractivity contribution in [3.05, 3.63) is 125 Å². The molecule has 0 saturated heterocycles. The first-order valence-electron chi connectivity index (χ1n) is 14.4. The lowest BCUT2D eigenvalue weighted by atomic mass is 10.1. The predicted octanol–water partition coefficient (Wildman–Crippen LogP) is 6.51. The summed E-state index contributed by atoms with van der Waals surface area (Å²) >= 11 is 0. The molecule has 0 N–H and O–H groups in total. The fraction of sp³-hybridized carbons (Fsp3) is 0.222. The van der Waals surface area contributed by atoms with E-state index in [9.17, 15) is 9.59 Å². The van der Waals surface area contributed by atoms with Crippen molar-refractivity contribution in [2.24, 2.45) is 0 Å². The van der Waals surface area contributed by atoms with Gasteiger partial charge in [0.15, 0.2) is 0 Å². The van der Waals surface area contributed by atoms with E-state index >= 15 is 0 Å². The third-order valence-corrected chi connectivity index (χ3v) is 7.84. The highest BCUT2D eigenvalue weighted by molar-refractivity contribution is 6.04. The average molecular weight is 575 g/mol. The fourth-order valence-corrected chi connectivity index (χ4v) is 5.61. The zero-order valence-electron chi connectivity index (χ0n) is 24.6. The van der Waals surface area contributed by atoms with Crippen LogP contribution >= 0.6 is 0 Å². The third-order valence-electron chi connectivity index (χ3n) is 7.84. The second-order valence-corrected chi connectivity index (χ2v) is 11.0. The van der Waals surface area contributed by atoms with Crippen LogP contribution in [0.15, 0.2) is 97.1 Å². The number of aromatic nitrogens is 1. The predicted molar refractivity (Wildman–Crippen MR) is 167 cm³/mol. The van der Waals surface area contributed by atoms with Gasteiger partial charge in [-0.25, -0.2) is 0 Å². The molecule has 0 aliphatic carbocycles. The summed E-state index contributed by atoms with van der Waals surface area (Å²) in [6.45, 7) is 5.19. The molecule has 1 aliphatic heterocycles. The molecule has 7 nitrogen and oxygen atoms in total. The van der Waals surface area contributed by atoms with E-state index in [0.29, 0.717) is 17.9 Å². The van der Waals surface area contributed by atoms with Crippen LogP contribution in [0.5, 0.6) is 11.5 Å². The number of rotatable bonds is 8. The first-order chi connectivity index (χ1) is 20.9. The number of aryl methyl sites for hydroxylation is 1. The number of ether oxygens (including phenoxy) is 3. The van der Waals surface area contributed by atoms with Crippen molar-refractivity contribution in [2.75, 3.05) is 25.1 Å². The average Bonchev–Trinajstić information content (AvgIpc) is 3.29. The van der Waals surface area contributed by atoms with Gasteiger partial charge in [-0.15, -0.1) is 0 Å². The van der Waals surface area contributed by atoms with Crippen LogP contribution < -0.4 is 14.4 Å². The molecule has 0 bridgehead atoms. The number of hydrogen-bond donors (Lipinski definition) is 0. The van der Waals surface area contributed by atoms with Crippen molar-refractivity contribution < 1.29 is 23.8 Å². The van der Waals surface area contributed by atoms with Crippen molar-refractivity contribution in [2.45, 2.75) is 33.0 Å². The molecule has 0 fully saturated rings. The van der Waals surface area contributed by atoms with Gasteiger partial charge in [0, 0.05) is 23.7 Å². The summed E-state index contributed by atoms with van der Waals surface area (Å²) in [7, 11) is 2.04. The molecule has 5 aromatic rings. The molecule has 0 unspecified atom stereocenters. The Morgan fingerprint density at radius 2 is 1.65 bits per heavy atom. The lowest BCUT2D eigenvalue weighted by molar-refractivity contribution is -0.144. The Kier molecular flexibility index (Phi) is 7.88. The third kappa shape index (κ3) is 5.97. The first-order valence-corrected chi connectivity index (χ1v) is 14.4. The number of hydrogen-bond acceptors (Lipinski definition) is 6. The highest BCUT2D eigenvalue weighted by atomic mass is 16.5. The maximum atomic E-state index is 13.8. The Labute approximate surface area is 251 Å². The van der Waals surface area contributed by atoms with E-state index in [1.54, 1.807) is 28.8 Å². The van der Waals surface area contributed by atoms with Crippen molar-refractivity contribution in [3.63, 3.8) is 0 Å². The molecule has 218 valence electrons. The maximum Gasteiger partial charge on any atom is 0.310 e. The van der Waals surface area contributed by atoms with Gasteiger partial charge in [0.25, 0.3) is 5.91 Å². The van der Waals surface area contributed by atoms with Crippen LogP contribution in [0.1, 0.15) is 32.7 Å². The summed E-state index contributed by atoms with van der Waals surface area (Å²) in [4.78, 5) is 28.9. The van der Waals surface area contributed by atoms with Crippen LogP contribution in [0.4, 0.5) is 5.69 Å². The van der Waals surface area contributed by atoms with Crippen molar-refractivity contribution in [3.8, 4) is 11.5 Å². The fourth-order valence-electron chi connectivity index (χ4n) is 5.61. The normalized spacial score (nSPS) is 14.2. The molecule has 1 aliphatic rings. The molecule has 0 saturated carbocycles. The number of esters is 1. The van der Waals surface area contributed by atoms with Crippen molar-refractivity contribution in [1.29, 1.82) is 0 Å². The summed E-state index contributed by atoms with van der Waals surface area (Å²) in [6.07, 6.45) is -0.0365. The number of carbonyl (C=O) groups is 2. The van der Waals surface area contributed by atoms with Gasteiger partial charge in [0.2, 0.25) is 0 Å². The molecule has 0 amide bonds. The highest BCUT2D eigenvalue weighted by Crippen LogP contribution is 2.32. The molecular formula is C36H34N2O5. The molecular weight excluding hydrogens is 540 g/mol. The van der Waals surface area contributed by atoms with Gasteiger partial charge >= 0.3 is 5.97 Å². The molecule has 7 heteroatoms. The highest BCUT2D eigenvalue weighted by Gasteiger charge is 2.24. The van der Waals surface area contributed by atoms with Crippen LogP contribution in [-0.4, -0.2) is 42.7 Å². The Hall–Kier alpha value is -5.04. The van der Waals surface area contributed by atoms with Gasteiger partial charge in [0.1, 0.15) is 30.8 Å². The van der Waals surface area contributed by atoms with Crippen LogP contribution in [0.2, 0.25) is 0 Å². The summed E-state index contributed by atoms with van der Waals surface area (Å²) in [6, 6.07) is 30.6. The smallest absolute Gasteiger partial charge is 0.310 e. The number of para-hydroxylation sites is 2. The van der Waals surface area contributed by atoms with E-state index in [4.69, 9.17) is 14.2 Å². The first kappa shape index (κ1) is 28.1. The molecule has 0 radical (unpaired) electrons. The number of anilines is 1. The van der Waals surface area contributed by atoms with Gasteiger partial charge in [-0.3, -0.25) is 14.2 Å². The topological polar surface area (TPSA) is 70.0 Å². The van der Waals surface area contributed by atoms with E-state index in [2.05, 4.69) is 4.90 Å². The summed E-state index contributed by atoms with van der Waals surface area (Å²) in [5.74, 6) is 1.00. The van der Waals surface area contributed by atoms with Crippen LogP contribution in [0.25, 0.3) is 10.9 Å². The van der Waals surface area contributed by atoms with Gasteiger partial charge in [-0.1, -0.05) is 54.1 Å². The van der Waals surface area contributed by atoms with E-state index in [0.717, 1.165) is 51.3 Å². The lowest BCUT2D eigenvalue weighted by Gasteiger charge is -2.33. The number of benzene rings is 4. The SMILES string of the molecule is Cc1ccc2c(c1)c(CC(=O)OCc1ccccc1)c(C)n2C(=O)c1ccc(OC[C@@H]2CN(C)c3ccccc3O2)cc1. The standard InChI is InChI=1S/C36H34N2O5/c1-24-13-18-32-31(19-24)30(20-35(39)42-22-26-9-5-4-6-10-26)25(2)38(32)36(40)27-14-16-28(17-15-27)41-23-29-21-37(3)33-11-7-8-12-34(33)43-29/h4-19,29H,20-23H2,1-3H3/t29-/m0/s1. The summed E-state index contributed by atoms with van der Waals surface area (Å²) in [5, 5.41) is 0.876. The van der Waals surface area contributed by atoms with E-state index < -0.39 is 0 Å². The van der Waals surface area contributed by atoms with Crippen LogP contribution in [-0.2, 0) is 22.6 Å². The largest absolute Gasteiger partial charge is 0.490 e. The molecule has 6 rings (SSSR count). The maximum absolute atomic E-state index is 13.8. The minimum Gasteiger partial charge on any atom is -0.490 e. The van der Waals surface area contributed by atoms with Gasteiger partial charge in [-0.05, 0) is 73.5 Å². The van der Waals surface area contributed by atoms with E-state index in [-0.39, 0.29) is 31.0 Å². The van der Waals surface area contributed by atoms with Crippen molar-refractivity contribution >= 4 is 28.5 Å². The van der Waals surface area contributed by atoms with E-state index in [1.165, 1.54) is 0 Å². The Balaban J connectivity index is 1.17. The summed E-state index contributed by atoms with van der Waals surface area (Å²) in [5.41, 5.74) is 5.85. The Morgan fingerprint density at radius 1 is 0.907 bits per heavy atom. The minimum absolute atomic E-state index is 0.0780.